The van der Waals surface area contributed by atoms with E-state index in [-0.39, 0.29) is 5.91 Å². The summed E-state index contributed by atoms with van der Waals surface area (Å²) in [4.78, 5) is 11.8. The summed E-state index contributed by atoms with van der Waals surface area (Å²) in [7, 11) is 0. The molecule has 0 saturated carbocycles. The average molecular weight is 313 g/mol. The SMILES string of the molecule is Cc1ccc(Br)c(NC(=O)CCCNC(C)C)c1. The third-order valence-electron chi connectivity index (χ3n) is 2.53. The van der Waals surface area contributed by atoms with Crippen LogP contribution in [0.3, 0.4) is 0 Å². The fourth-order valence-electron chi connectivity index (χ4n) is 1.59. The van der Waals surface area contributed by atoms with Crippen LogP contribution in [-0.2, 0) is 4.79 Å². The first-order chi connectivity index (χ1) is 8.49. The van der Waals surface area contributed by atoms with Gasteiger partial charge in [-0.1, -0.05) is 19.9 Å². The standard InChI is InChI=1S/C14H21BrN2O/c1-10(2)16-8-4-5-14(18)17-13-9-11(3)6-7-12(13)15/h6-7,9-10,16H,4-5,8H2,1-3H3,(H,17,18). The fourth-order valence-corrected chi connectivity index (χ4v) is 1.93. The molecule has 0 bridgehead atoms. The number of aryl methyl sites for hydroxylation is 1. The number of nitrogens with one attached hydrogen (secondary N) is 2. The highest BCUT2D eigenvalue weighted by Gasteiger charge is 2.05. The second kappa shape index (κ2) is 7.54. The van der Waals surface area contributed by atoms with Crippen molar-refractivity contribution < 1.29 is 4.79 Å². The molecule has 0 aliphatic carbocycles. The van der Waals surface area contributed by atoms with Crippen molar-refractivity contribution >= 4 is 27.5 Å². The minimum Gasteiger partial charge on any atom is -0.325 e. The van der Waals surface area contributed by atoms with Gasteiger partial charge in [0.1, 0.15) is 0 Å². The molecule has 100 valence electrons. The largest absolute Gasteiger partial charge is 0.325 e. The van der Waals surface area contributed by atoms with Gasteiger partial charge in [0.05, 0.1) is 5.69 Å². The average Bonchev–Trinajstić information content (AvgIpc) is 2.29. The molecule has 1 aromatic carbocycles. The van der Waals surface area contributed by atoms with E-state index in [1.807, 2.05) is 25.1 Å². The van der Waals surface area contributed by atoms with Crippen LogP contribution in [0.4, 0.5) is 5.69 Å². The lowest BCUT2D eigenvalue weighted by atomic mass is 10.2. The maximum absolute atomic E-state index is 11.8. The quantitative estimate of drug-likeness (QED) is 0.790. The van der Waals surface area contributed by atoms with Crippen LogP contribution in [0, 0.1) is 6.92 Å². The summed E-state index contributed by atoms with van der Waals surface area (Å²) in [6.45, 7) is 7.09. The molecule has 0 atom stereocenters. The van der Waals surface area contributed by atoms with Gasteiger partial charge in [-0.25, -0.2) is 0 Å². The first-order valence-corrected chi connectivity index (χ1v) is 7.07. The number of carbonyl (C=O) groups is 1. The Morgan fingerprint density at radius 1 is 1.39 bits per heavy atom. The zero-order valence-electron chi connectivity index (χ0n) is 11.2. The topological polar surface area (TPSA) is 41.1 Å². The third-order valence-corrected chi connectivity index (χ3v) is 3.22. The summed E-state index contributed by atoms with van der Waals surface area (Å²) in [5.74, 6) is 0.0619. The smallest absolute Gasteiger partial charge is 0.224 e. The number of amides is 1. The van der Waals surface area contributed by atoms with Crippen molar-refractivity contribution in [3.05, 3.63) is 28.2 Å². The molecule has 0 heterocycles. The van der Waals surface area contributed by atoms with E-state index in [1.54, 1.807) is 0 Å². The molecule has 1 amide bonds. The Bertz CT molecular complexity index is 405. The second-order valence-corrected chi connectivity index (χ2v) is 5.60. The van der Waals surface area contributed by atoms with Gasteiger partial charge in [-0.3, -0.25) is 4.79 Å². The highest BCUT2D eigenvalue weighted by molar-refractivity contribution is 9.10. The molecule has 2 N–H and O–H groups in total. The number of benzene rings is 1. The number of carbonyl (C=O) groups excluding carboxylic acids is 1. The predicted molar refractivity (Wildman–Crippen MR) is 79.9 cm³/mol. The number of hydrogen-bond acceptors (Lipinski definition) is 2. The molecule has 0 aromatic heterocycles. The molecule has 4 heteroatoms. The molecule has 0 fully saturated rings. The van der Waals surface area contributed by atoms with E-state index in [2.05, 4.69) is 40.4 Å². The Hall–Kier alpha value is -0.870. The van der Waals surface area contributed by atoms with Gasteiger partial charge in [0.15, 0.2) is 0 Å². The maximum Gasteiger partial charge on any atom is 0.224 e. The molecule has 1 rings (SSSR count). The Kier molecular flexibility index (Phi) is 6.36. The normalized spacial score (nSPS) is 10.7. The van der Waals surface area contributed by atoms with E-state index < -0.39 is 0 Å². The molecule has 3 nitrogen and oxygen atoms in total. The van der Waals surface area contributed by atoms with Crippen LogP contribution in [0.1, 0.15) is 32.3 Å². The molecule has 0 saturated heterocycles. The summed E-state index contributed by atoms with van der Waals surface area (Å²) < 4.78 is 0.918. The number of rotatable bonds is 6. The van der Waals surface area contributed by atoms with Crippen LogP contribution < -0.4 is 10.6 Å². The molecule has 0 aliphatic rings. The zero-order valence-corrected chi connectivity index (χ0v) is 12.8. The monoisotopic (exact) mass is 312 g/mol. The van der Waals surface area contributed by atoms with Crippen LogP contribution in [0.5, 0.6) is 0 Å². The fraction of sp³-hybridized carbons (Fsp3) is 0.500. The van der Waals surface area contributed by atoms with Crippen molar-refractivity contribution in [3.8, 4) is 0 Å². The molecule has 18 heavy (non-hydrogen) atoms. The van der Waals surface area contributed by atoms with Crippen molar-refractivity contribution in [2.45, 2.75) is 39.7 Å². The van der Waals surface area contributed by atoms with Gasteiger partial charge in [-0.05, 0) is 53.5 Å². The Morgan fingerprint density at radius 2 is 2.11 bits per heavy atom. The molecule has 0 unspecified atom stereocenters. The minimum absolute atomic E-state index is 0.0619. The molecule has 0 spiro atoms. The number of halogens is 1. The molecular weight excluding hydrogens is 292 g/mol. The van der Waals surface area contributed by atoms with Crippen LogP contribution in [0.15, 0.2) is 22.7 Å². The number of hydrogen-bond donors (Lipinski definition) is 2. The Morgan fingerprint density at radius 3 is 2.78 bits per heavy atom. The van der Waals surface area contributed by atoms with Crippen molar-refractivity contribution in [1.29, 1.82) is 0 Å². The van der Waals surface area contributed by atoms with Gasteiger partial charge in [0.2, 0.25) is 5.91 Å². The maximum atomic E-state index is 11.8. The molecular formula is C14H21BrN2O. The lowest BCUT2D eigenvalue weighted by molar-refractivity contribution is -0.116. The van der Waals surface area contributed by atoms with Gasteiger partial charge in [-0.15, -0.1) is 0 Å². The molecule has 1 aromatic rings. The van der Waals surface area contributed by atoms with Crippen molar-refractivity contribution in [1.82, 2.24) is 5.32 Å². The summed E-state index contributed by atoms with van der Waals surface area (Å²) in [5.41, 5.74) is 1.98. The van der Waals surface area contributed by atoms with Gasteiger partial charge >= 0.3 is 0 Å². The van der Waals surface area contributed by atoms with Gasteiger partial charge in [-0.2, -0.15) is 0 Å². The van der Waals surface area contributed by atoms with E-state index in [9.17, 15) is 4.79 Å². The first kappa shape index (κ1) is 15.2. The van der Waals surface area contributed by atoms with Crippen LogP contribution in [0.2, 0.25) is 0 Å². The van der Waals surface area contributed by atoms with Gasteiger partial charge in [0.25, 0.3) is 0 Å². The van der Waals surface area contributed by atoms with E-state index in [1.165, 1.54) is 0 Å². The number of anilines is 1. The summed E-state index contributed by atoms with van der Waals surface area (Å²) in [5, 5.41) is 6.22. The van der Waals surface area contributed by atoms with Gasteiger partial charge in [0, 0.05) is 16.9 Å². The van der Waals surface area contributed by atoms with Crippen molar-refractivity contribution in [3.63, 3.8) is 0 Å². The van der Waals surface area contributed by atoms with E-state index in [0.29, 0.717) is 12.5 Å². The zero-order chi connectivity index (χ0) is 13.5. The predicted octanol–water partition coefficient (Wildman–Crippen LogP) is 3.47. The van der Waals surface area contributed by atoms with Crippen LogP contribution in [-0.4, -0.2) is 18.5 Å². The Labute approximate surface area is 117 Å². The minimum atomic E-state index is 0.0619. The molecule has 0 aliphatic heterocycles. The summed E-state index contributed by atoms with van der Waals surface area (Å²) in [6, 6.07) is 6.39. The van der Waals surface area contributed by atoms with E-state index in [0.717, 1.165) is 28.7 Å². The van der Waals surface area contributed by atoms with Crippen LogP contribution in [0.25, 0.3) is 0 Å². The van der Waals surface area contributed by atoms with E-state index in [4.69, 9.17) is 0 Å². The summed E-state index contributed by atoms with van der Waals surface area (Å²) >= 11 is 3.43. The lowest BCUT2D eigenvalue weighted by Crippen LogP contribution is -2.24. The third kappa shape index (κ3) is 5.65. The lowest BCUT2D eigenvalue weighted by Gasteiger charge is -2.10. The summed E-state index contributed by atoms with van der Waals surface area (Å²) in [6.07, 6.45) is 1.40. The van der Waals surface area contributed by atoms with Gasteiger partial charge < -0.3 is 10.6 Å². The first-order valence-electron chi connectivity index (χ1n) is 6.28. The van der Waals surface area contributed by atoms with Crippen molar-refractivity contribution in [2.75, 3.05) is 11.9 Å². The second-order valence-electron chi connectivity index (χ2n) is 4.74. The Balaban J connectivity index is 2.38. The highest BCUT2D eigenvalue weighted by atomic mass is 79.9. The van der Waals surface area contributed by atoms with Crippen LogP contribution >= 0.6 is 15.9 Å². The van der Waals surface area contributed by atoms with Crippen molar-refractivity contribution in [2.24, 2.45) is 0 Å². The highest BCUT2D eigenvalue weighted by Crippen LogP contribution is 2.23. The van der Waals surface area contributed by atoms with E-state index >= 15 is 0 Å². The molecule has 0 radical (unpaired) electrons.